The van der Waals surface area contributed by atoms with Crippen LogP contribution in [0.3, 0.4) is 0 Å². The third kappa shape index (κ3) is 4.99. The average molecular weight is 387 g/mol. The zero-order valence-electron chi connectivity index (χ0n) is 16.6. The molecule has 2 heterocycles. The average Bonchev–Trinajstić information content (AvgIpc) is 3.07. The molecule has 1 aliphatic heterocycles. The van der Waals surface area contributed by atoms with Crippen LogP contribution in [-0.2, 0) is 4.74 Å². The second-order valence-corrected chi connectivity index (χ2v) is 7.60. The van der Waals surface area contributed by atoms with Gasteiger partial charge in [-0.2, -0.15) is 4.98 Å². The summed E-state index contributed by atoms with van der Waals surface area (Å²) in [4.78, 5) is 32.0. The van der Waals surface area contributed by atoms with Crippen molar-refractivity contribution in [1.82, 2.24) is 19.9 Å². The first kappa shape index (κ1) is 19.7. The molecule has 1 saturated heterocycles. The molecular weight excluding hydrogens is 362 g/mol. The number of nitrogens with zero attached hydrogens (tertiary/aromatic N) is 4. The Morgan fingerprint density at radius 3 is 2.21 bits per heavy atom. The monoisotopic (exact) mass is 387 g/mol. The van der Waals surface area contributed by atoms with Crippen molar-refractivity contribution < 1.29 is 18.8 Å². The van der Waals surface area contributed by atoms with Crippen LogP contribution >= 0.6 is 0 Å². The highest BCUT2D eigenvalue weighted by atomic mass is 16.6. The molecule has 9 nitrogen and oxygen atoms in total. The number of rotatable bonds is 2. The number of ether oxygens (including phenoxy) is 1. The molecule has 0 unspecified atom stereocenters. The Morgan fingerprint density at radius 2 is 1.68 bits per heavy atom. The molecule has 9 heteroatoms. The maximum atomic E-state index is 12.5. The number of carbonyl (C=O) groups excluding carboxylic acids is 2. The van der Waals surface area contributed by atoms with Crippen LogP contribution in [0.25, 0.3) is 11.4 Å². The van der Waals surface area contributed by atoms with E-state index in [9.17, 15) is 9.59 Å². The Hall–Kier alpha value is -3.10. The molecule has 0 saturated carbocycles. The van der Waals surface area contributed by atoms with Crippen LogP contribution in [-0.4, -0.2) is 63.8 Å². The molecular formula is C19H25N5O4. The van der Waals surface area contributed by atoms with E-state index < -0.39 is 5.60 Å². The van der Waals surface area contributed by atoms with Gasteiger partial charge in [0.05, 0.1) is 0 Å². The lowest BCUT2D eigenvalue weighted by Gasteiger charge is -2.35. The van der Waals surface area contributed by atoms with E-state index in [0.717, 1.165) is 5.56 Å². The largest absolute Gasteiger partial charge is 0.444 e. The minimum atomic E-state index is -0.530. The molecule has 0 spiro atoms. The Labute approximate surface area is 163 Å². The van der Waals surface area contributed by atoms with E-state index in [1.54, 1.807) is 28.9 Å². The zero-order chi connectivity index (χ0) is 20.3. The highest BCUT2D eigenvalue weighted by Crippen LogP contribution is 2.19. The van der Waals surface area contributed by atoms with E-state index in [4.69, 9.17) is 9.26 Å². The minimum absolute atomic E-state index is 0.202. The van der Waals surface area contributed by atoms with Gasteiger partial charge in [0.2, 0.25) is 11.7 Å². The first-order chi connectivity index (χ1) is 13.2. The van der Waals surface area contributed by atoms with Crippen molar-refractivity contribution in [3.05, 3.63) is 30.2 Å². The molecule has 1 aliphatic rings. The molecule has 2 aromatic rings. The molecule has 1 aromatic heterocycles. The Balaban J connectivity index is 1.51. The van der Waals surface area contributed by atoms with Gasteiger partial charge in [0.15, 0.2) is 0 Å². The van der Waals surface area contributed by atoms with Gasteiger partial charge < -0.3 is 24.4 Å². The standard InChI is InChI=1S/C19H25N5O4/c1-13-20-16(22-28-13)14-5-7-15(8-6-14)21-17(25)23-9-11-24(12-10-23)18(26)27-19(2,3)4/h5-8H,9-12H2,1-4H3,(H,21,25). The summed E-state index contributed by atoms with van der Waals surface area (Å²) in [6, 6.07) is 7.01. The van der Waals surface area contributed by atoms with E-state index in [-0.39, 0.29) is 12.1 Å². The third-order valence-electron chi connectivity index (χ3n) is 4.14. The smallest absolute Gasteiger partial charge is 0.410 e. The highest BCUT2D eigenvalue weighted by Gasteiger charge is 2.27. The molecule has 28 heavy (non-hydrogen) atoms. The predicted octanol–water partition coefficient (Wildman–Crippen LogP) is 3.13. The number of hydrogen-bond acceptors (Lipinski definition) is 6. The lowest BCUT2D eigenvalue weighted by Crippen LogP contribution is -2.52. The summed E-state index contributed by atoms with van der Waals surface area (Å²) in [6.45, 7) is 9.01. The highest BCUT2D eigenvalue weighted by molar-refractivity contribution is 5.89. The molecule has 0 radical (unpaired) electrons. The first-order valence-electron chi connectivity index (χ1n) is 9.16. The van der Waals surface area contributed by atoms with Crippen LogP contribution in [0.2, 0.25) is 0 Å². The van der Waals surface area contributed by atoms with Gasteiger partial charge in [0.1, 0.15) is 5.60 Å². The minimum Gasteiger partial charge on any atom is -0.444 e. The molecule has 0 bridgehead atoms. The Bertz CT molecular complexity index is 833. The summed E-state index contributed by atoms with van der Waals surface area (Å²) in [7, 11) is 0. The predicted molar refractivity (Wildman–Crippen MR) is 103 cm³/mol. The van der Waals surface area contributed by atoms with E-state index >= 15 is 0 Å². The molecule has 1 N–H and O–H groups in total. The van der Waals surface area contributed by atoms with Gasteiger partial charge in [-0.1, -0.05) is 5.16 Å². The van der Waals surface area contributed by atoms with Crippen molar-refractivity contribution >= 4 is 17.8 Å². The summed E-state index contributed by atoms with van der Waals surface area (Å²) in [5.74, 6) is 1.01. The zero-order valence-corrected chi connectivity index (χ0v) is 16.6. The van der Waals surface area contributed by atoms with Gasteiger partial charge in [-0.25, -0.2) is 9.59 Å². The topological polar surface area (TPSA) is 101 Å². The number of anilines is 1. The maximum absolute atomic E-state index is 12.5. The summed E-state index contributed by atoms with van der Waals surface area (Å²) in [5, 5.41) is 6.74. The molecule has 0 aliphatic carbocycles. The third-order valence-corrected chi connectivity index (χ3v) is 4.14. The molecule has 1 aromatic carbocycles. The molecule has 0 atom stereocenters. The van der Waals surface area contributed by atoms with Gasteiger partial charge in [-0.05, 0) is 45.0 Å². The number of aryl methyl sites for hydroxylation is 1. The maximum Gasteiger partial charge on any atom is 0.410 e. The first-order valence-corrected chi connectivity index (χ1v) is 9.16. The van der Waals surface area contributed by atoms with Crippen molar-refractivity contribution in [2.75, 3.05) is 31.5 Å². The van der Waals surface area contributed by atoms with Crippen LogP contribution in [0.1, 0.15) is 26.7 Å². The number of piperazine rings is 1. The SMILES string of the molecule is Cc1nc(-c2ccc(NC(=O)N3CCN(C(=O)OC(C)(C)C)CC3)cc2)no1. The Kier molecular flexibility index (Phi) is 5.53. The summed E-state index contributed by atoms with van der Waals surface area (Å²) >= 11 is 0. The van der Waals surface area contributed by atoms with Gasteiger partial charge in [0.25, 0.3) is 0 Å². The summed E-state index contributed by atoms with van der Waals surface area (Å²) in [6.07, 6.45) is -0.347. The van der Waals surface area contributed by atoms with Crippen LogP contribution in [0, 0.1) is 6.92 Å². The normalized spacial score (nSPS) is 14.7. The fourth-order valence-corrected chi connectivity index (χ4v) is 2.74. The number of benzene rings is 1. The number of amides is 3. The van der Waals surface area contributed by atoms with Gasteiger partial charge in [-0.3, -0.25) is 0 Å². The van der Waals surface area contributed by atoms with Crippen molar-refractivity contribution in [2.45, 2.75) is 33.3 Å². The van der Waals surface area contributed by atoms with Gasteiger partial charge in [-0.15, -0.1) is 0 Å². The molecule has 3 rings (SSSR count). The van der Waals surface area contributed by atoms with Crippen LogP contribution < -0.4 is 5.32 Å². The van der Waals surface area contributed by atoms with Crippen molar-refractivity contribution in [3.63, 3.8) is 0 Å². The van der Waals surface area contributed by atoms with E-state index in [0.29, 0.717) is 43.6 Å². The van der Waals surface area contributed by atoms with Crippen LogP contribution in [0.15, 0.2) is 28.8 Å². The van der Waals surface area contributed by atoms with Gasteiger partial charge in [0, 0.05) is 44.4 Å². The fourth-order valence-electron chi connectivity index (χ4n) is 2.74. The summed E-state index contributed by atoms with van der Waals surface area (Å²) in [5.41, 5.74) is 0.946. The van der Waals surface area contributed by atoms with E-state index in [1.807, 2.05) is 32.9 Å². The lowest BCUT2D eigenvalue weighted by atomic mass is 10.2. The number of urea groups is 1. The second-order valence-electron chi connectivity index (χ2n) is 7.60. The molecule has 150 valence electrons. The Morgan fingerprint density at radius 1 is 1.07 bits per heavy atom. The van der Waals surface area contributed by atoms with Crippen LogP contribution in [0.5, 0.6) is 0 Å². The quantitative estimate of drug-likeness (QED) is 0.850. The van der Waals surface area contributed by atoms with E-state index in [2.05, 4.69) is 15.5 Å². The fraction of sp³-hybridized carbons (Fsp3) is 0.474. The second kappa shape index (κ2) is 7.87. The van der Waals surface area contributed by atoms with E-state index in [1.165, 1.54) is 0 Å². The van der Waals surface area contributed by atoms with Crippen molar-refractivity contribution in [1.29, 1.82) is 0 Å². The van der Waals surface area contributed by atoms with Crippen molar-refractivity contribution in [2.24, 2.45) is 0 Å². The number of nitrogens with one attached hydrogen (secondary N) is 1. The number of aromatic nitrogens is 2. The van der Waals surface area contributed by atoms with Gasteiger partial charge >= 0.3 is 12.1 Å². The molecule has 3 amide bonds. The number of hydrogen-bond donors (Lipinski definition) is 1. The lowest BCUT2D eigenvalue weighted by molar-refractivity contribution is 0.0174. The van der Waals surface area contributed by atoms with Crippen molar-refractivity contribution in [3.8, 4) is 11.4 Å². The van der Waals surface area contributed by atoms with Crippen LogP contribution in [0.4, 0.5) is 15.3 Å². The summed E-state index contributed by atoms with van der Waals surface area (Å²) < 4.78 is 10.3. The number of carbonyl (C=O) groups is 2. The molecule has 1 fully saturated rings.